The van der Waals surface area contributed by atoms with E-state index >= 15 is 0 Å². The molecule has 0 aliphatic carbocycles. The van der Waals surface area contributed by atoms with Gasteiger partial charge in [0.15, 0.2) is 9.84 Å². The molecule has 0 bridgehead atoms. The van der Waals surface area contributed by atoms with E-state index in [1.807, 2.05) is 6.92 Å². The number of hydrogen-bond acceptors (Lipinski definition) is 6. The summed E-state index contributed by atoms with van der Waals surface area (Å²) in [5, 5.41) is 0. The smallest absolute Gasteiger partial charge is 0.182 e. The van der Waals surface area contributed by atoms with Crippen LogP contribution in [-0.2, 0) is 26.8 Å². The second-order valence-electron chi connectivity index (χ2n) is 7.71. The van der Waals surface area contributed by atoms with Gasteiger partial charge in [0.2, 0.25) is 0 Å². The minimum Gasteiger partial charge on any atom is -0.497 e. The van der Waals surface area contributed by atoms with Crippen LogP contribution in [0.4, 0.5) is 0 Å². The molecule has 3 aromatic carbocycles. The van der Waals surface area contributed by atoms with Gasteiger partial charge in [-0.15, -0.1) is 11.8 Å². The Morgan fingerprint density at radius 3 is 2.24 bits per heavy atom. The highest BCUT2D eigenvalue weighted by Crippen LogP contribution is 2.28. The summed E-state index contributed by atoms with van der Waals surface area (Å²) in [7, 11) is -0.530. The maximum absolute atomic E-state index is 12.9. The lowest BCUT2D eigenvalue weighted by atomic mass is 10.1. The molecular weight excluding hydrogens is 456 g/mol. The zero-order chi connectivity index (χ0) is 23.8. The Morgan fingerprint density at radius 2 is 1.61 bits per heavy atom. The summed E-state index contributed by atoms with van der Waals surface area (Å²) in [4.78, 5) is 13.7. The molecule has 0 aliphatic heterocycles. The van der Waals surface area contributed by atoms with Crippen molar-refractivity contribution in [2.75, 3.05) is 20.0 Å². The Balaban J connectivity index is 1.57. The van der Waals surface area contributed by atoms with Gasteiger partial charge in [0.1, 0.15) is 17.3 Å². The van der Waals surface area contributed by atoms with E-state index < -0.39 is 9.84 Å². The van der Waals surface area contributed by atoms with E-state index in [-0.39, 0.29) is 16.4 Å². The van der Waals surface area contributed by atoms with E-state index in [2.05, 4.69) is 24.3 Å². The van der Waals surface area contributed by atoms with Crippen LogP contribution in [0, 0.1) is 6.92 Å². The number of hydrogen-bond donors (Lipinski definition) is 0. The molecule has 0 N–H and O–H groups in total. The predicted octanol–water partition coefficient (Wildman–Crippen LogP) is 5.28. The second-order valence-corrected chi connectivity index (χ2v) is 10.9. The topological polar surface area (TPSA) is 69.7 Å². The molecule has 5 nitrogen and oxygen atoms in total. The molecule has 0 radical (unpaired) electrons. The second kappa shape index (κ2) is 11.4. The Kier molecular flexibility index (Phi) is 8.58. The summed E-state index contributed by atoms with van der Waals surface area (Å²) < 4.78 is 36.3. The van der Waals surface area contributed by atoms with Crippen LogP contribution in [0.15, 0.2) is 76.5 Å². The number of thioether (sulfide) groups is 1. The summed E-state index contributed by atoms with van der Waals surface area (Å²) in [5.41, 5.74) is 2.58. The number of sulfone groups is 1. The molecule has 0 aliphatic rings. The first-order valence-electron chi connectivity index (χ1n) is 10.5. The van der Waals surface area contributed by atoms with Gasteiger partial charge in [-0.3, -0.25) is 4.79 Å². The van der Waals surface area contributed by atoms with Crippen molar-refractivity contribution in [2.24, 2.45) is 0 Å². The standard InChI is InChI=1S/C26H28O5S2/c1-19-4-10-24(11-5-19)32-15-14-22(27)16-20-6-12-25(13-7-20)33(28,29)18-21-8-9-23(30-2)17-26(21)31-3/h4-13,17H,14-16,18H2,1-3H3. The highest BCUT2D eigenvalue weighted by molar-refractivity contribution is 7.99. The Morgan fingerprint density at radius 1 is 0.909 bits per heavy atom. The molecule has 0 fully saturated rings. The zero-order valence-corrected chi connectivity index (χ0v) is 20.7. The number of ether oxygens (including phenoxy) is 2. The molecule has 0 amide bonds. The summed E-state index contributed by atoms with van der Waals surface area (Å²) >= 11 is 1.66. The average molecular weight is 485 g/mol. The molecule has 174 valence electrons. The summed E-state index contributed by atoms with van der Waals surface area (Å²) in [6.45, 7) is 2.05. The monoisotopic (exact) mass is 484 g/mol. The highest BCUT2D eigenvalue weighted by atomic mass is 32.2. The number of Topliss-reactive ketones (excluding diaryl/α,β-unsaturated/α-hetero) is 1. The van der Waals surface area contributed by atoms with Gasteiger partial charge < -0.3 is 9.47 Å². The predicted molar refractivity (Wildman–Crippen MR) is 132 cm³/mol. The minimum atomic E-state index is -3.57. The lowest BCUT2D eigenvalue weighted by Gasteiger charge is -2.11. The minimum absolute atomic E-state index is 0.133. The number of rotatable bonds is 11. The van der Waals surface area contributed by atoms with Crippen LogP contribution in [0.25, 0.3) is 0 Å². The maximum Gasteiger partial charge on any atom is 0.182 e. The van der Waals surface area contributed by atoms with Gasteiger partial charge in [0, 0.05) is 35.1 Å². The fourth-order valence-corrected chi connectivity index (χ4v) is 5.57. The molecule has 0 heterocycles. The number of benzene rings is 3. The van der Waals surface area contributed by atoms with Crippen molar-refractivity contribution in [2.45, 2.75) is 35.3 Å². The fraction of sp³-hybridized carbons (Fsp3) is 0.269. The quantitative estimate of drug-likeness (QED) is 0.345. The van der Waals surface area contributed by atoms with Crippen LogP contribution in [0.5, 0.6) is 11.5 Å². The first kappa shape index (κ1) is 24.9. The Bertz CT molecular complexity index is 1180. The lowest BCUT2D eigenvalue weighted by molar-refractivity contribution is -0.118. The van der Waals surface area contributed by atoms with Crippen LogP contribution in [0.1, 0.15) is 23.1 Å². The molecule has 0 atom stereocenters. The van der Waals surface area contributed by atoms with E-state index in [1.54, 1.807) is 61.3 Å². The van der Waals surface area contributed by atoms with Gasteiger partial charge in [-0.2, -0.15) is 0 Å². The number of aryl methyl sites for hydroxylation is 1. The molecule has 7 heteroatoms. The average Bonchev–Trinajstić information content (AvgIpc) is 2.81. The number of methoxy groups -OCH3 is 2. The van der Waals surface area contributed by atoms with Crippen molar-refractivity contribution in [3.05, 3.63) is 83.4 Å². The first-order valence-corrected chi connectivity index (χ1v) is 13.2. The van der Waals surface area contributed by atoms with Crippen molar-refractivity contribution < 1.29 is 22.7 Å². The van der Waals surface area contributed by atoms with E-state index in [9.17, 15) is 13.2 Å². The molecule has 33 heavy (non-hydrogen) atoms. The van der Waals surface area contributed by atoms with E-state index in [4.69, 9.17) is 9.47 Å². The third kappa shape index (κ3) is 7.11. The van der Waals surface area contributed by atoms with Crippen molar-refractivity contribution in [1.29, 1.82) is 0 Å². The molecular formula is C26H28O5S2. The molecule has 0 unspecified atom stereocenters. The van der Waals surface area contributed by atoms with Crippen LogP contribution in [0.2, 0.25) is 0 Å². The Labute approximate surface area is 200 Å². The normalized spacial score (nSPS) is 11.2. The van der Waals surface area contributed by atoms with E-state index in [1.165, 1.54) is 12.7 Å². The third-order valence-corrected chi connectivity index (χ3v) is 7.89. The van der Waals surface area contributed by atoms with Gasteiger partial charge in [0.25, 0.3) is 0 Å². The van der Waals surface area contributed by atoms with Gasteiger partial charge in [-0.1, -0.05) is 35.9 Å². The third-order valence-electron chi connectivity index (χ3n) is 5.19. The molecule has 3 aromatic rings. The molecule has 0 aromatic heterocycles. The molecule has 0 saturated carbocycles. The van der Waals surface area contributed by atoms with Gasteiger partial charge >= 0.3 is 0 Å². The lowest BCUT2D eigenvalue weighted by Crippen LogP contribution is -2.07. The Hall–Kier alpha value is -2.77. The SMILES string of the molecule is COc1ccc(CS(=O)(=O)c2ccc(CC(=O)CCSc3ccc(C)cc3)cc2)c(OC)c1. The largest absolute Gasteiger partial charge is 0.497 e. The molecule has 0 spiro atoms. The van der Waals surface area contributed by atoms with Gasteiger partial charge in [-0.05, 0) is 42.8 Å². The van der Waals surface area contributed by atoms with E-state index in [0.717, 1.165) is 16.2 Å². The van der Waals surface area contributed by atoms with Crippen molar-refractivity contribution >= 4 is 27.4 Å². The van der Waals surface area contributed by atoms with Crippen LogP contribution in [-0.4, -0.2) is 34.2 Å². The number of carbonyl (C=O) groups is 1. The summed E-state index contributed by atoms with van der Waals surface area (Å²) in [6, 6.07) is 19.9. The number of carbonyl (C=O) groups excluding carboxylic acids is 1. The van der Waals surface area contributed by atoms with Gasteiger partial charge in [0.05, 0.1) is 24.9 Å². The fourth-order valence-electron chi connectivity index (χ4n) is 3.31. The van der Waals surface area contributed by atoms with Crippen LogP contribution >= 0.6 is 11.8 Å². The van der Waals surface area contributed by atoms with Crippen molar-refractivity contribution in [3.63, 3.8) is 0 Å². The van der Waals surface area contributed by atoms with E-state index in [0.29, 0.717) is 29.9 Å². The van der Waals surface area contributed by atoms with Crippen molar-refractivity contribution in [1.82, 2.24) is 0 Å². The summed E-state index contributed by atoms with van der Waals surface area (Å²) in [5.74, 6) is 1.73. The van der Waals surface area contributed by atoms with Crippen LogP contribution in [0.3, 0.4) is 0 Å². The highest BCUT2D eigenvalue weighted by Gasteiger charge is 2.19. The molecule has 0 saturated heterocycles. The summed E-state index contributed by atoms with van der Waals surface area (Å²) in [6.07, 6.45) is 0.761. The maximum atomic E-state index is 12.9. The zero-order valence-electron chi connectivity index (χ0n) is 19.0. The van der Waals surface area contributed by atoms with Crippen molar-refractivity contribution in [3.8, 4) is 11.5 Å². The molecule has 3 rings (SSSR count). The first-order chi connectivity index (χ1) is 15.8. The number of ketones is 1. The van der Waals surface area contributed by atoms with Gasteiger partial charge in [-0.25, -0.2) is 8.42 Å². The van der Waals surface area contributed by atoms with Crippen LogP contribution < -0.4 is 9.47 Å².